The lowest BCUT2D eigenvalue weighted by Crippen LogP contribution is -2.10. The Hall–Kier alpha value is -3.52. The first-order valence-corrected chi connectivity index (χ1v) is 21.9. The first-order chi connectivity index (χ1) is 26.0. The number of nitrogen functional groups attached to an aromatic ring is 2. The molecule has 4 rings (SSSR count). The molecule has 0 aromatic heterocycles. The molecule has 2 unspecified atom stereocenters. The van der Waals surface area contributed by atoms with Crippen LogP contribution in [-0.4, -0.2) is 0 Å². The molecule has 2 atom stereocenters. The van der Waals surface area contributed by atoms with Gasteiger partial charge >= 0.3 is 0 Å². The van der Waals surface area contributed by atoms with Crippen LogP contribution in [0.5, 0.6) is 0 Å². The molecule has 0 saturated carbocycles. The van der Waals surface area contributed by atoms with E-state index in [9.17, 15) is 0 Å². The highest BCUT2D eigenvalue weighted by Gasteiger charge is 2.18. The molecule has 0 radical (unpaired) electrons. The maximum atomic E-state index is 6.09. The van der Waals surface area contributed by atoms with Crippen molar-refractivity contribution < 1.29 is 0 Å². The summed E-state index contributed by atoms with van der Waals surface area (Å²) in [6.45, 7) is 6.90. The molecule has 4 aromatic carbocycles. The SMILES string of the molecule is CCCCCCCCC(c1ccc(N)cc1)c1ccc(CC(CCCCCC)Cc2ccc(C(CCCCCCCC)c3ccc(N)cc3)cc2)cc1. The summed E-state index contributed by atoms with van der Waals surface area (Å²) in [4.78, 5) is 0. The number of unbranched alkanes of at least 4 members (excludes halogenated alkanes) is 13. The Labute approximate surface area is 325 Å². The maximum Gasteiger partial charge on any atom is 0.0314 e. The van der Waals surface area contributed by atoms with E-state index in [2.05, 4.69) is 118 Å². The monoisotopic (exact) mass is 715 g/mol. The molecule has 2 nitrogen and oxygen atoms in total. The topological polar surface area (TPSA) is 52.0 Å². The third kappa shape index (κ3) is 15.4. The van der Waals surface area contributed by atoms with Crippen molar-refractivity contribution in [3.63, 3.8) is 0 Å². The zero-order valence-electron chi connectivity index (χ0n) is 34.0. The van der Waals surface area contributed by atoms with Crippen LogP contribution in [0.2, 0.25) is 0 Å². The summed E-state index contributed by atoms with van der Waals surface area (Å²) in [6, 6.07) is 36.7. The van der Waals surface area contributed by atoms with Crippen molar-refractivity contribution in [1.29, 1.82) is 0 Å². The van der Waals surface area contributed by atoms with Crippen LogP contribution < -0.4 is 11.5 Å². The van der Waals surface area contributed by atoms with Gasteiger partial charge in [0.25, 0.3) is 0 Å². The molecule has 53 heavy (non-hydrogen) atoms. The molecule has 0 amide bonds. The minimum absolute atomic E-state index is 0.428. The van der Waals surface area contributed by atoms with Crippen molar-refractivity contribution in [2.75, 3.05) is 11.5 Å². The minimum atomic E-state index is 0.428. The Morgan fingerprint density at radius 3 is 0.981 bits per heavy atom. The highest BCUT2D eigenvalue weighted by molar-refractivity contribution is 5.44. The lowest BCUT2D eigenvalue weighted by Gasteiger charge is -2.21. The molecule has 0 heterocycles. The Balaban J connectivity index is 1.44. The maximum absolute atomic E-state index is 6.09. The number of hydrogen-bond donors (Lipinski definition) is 2. The van der Waals surface area contributed by atoms with E-state index >= 15 is 0 Å². The normalized spacial score (nSPS) is 13.2. The van der Waals surface area contributed by atoms with Gasteiger partial charge in [-0.3, -0.25) is 0 Å². The van der Waals surface area contributed by atoms with E-state index in [1.165, 1.54) is 155 Å². The van der Waals surface area contributed by atoms with Gasteiger partial charge in [-0.1, -0.05) is 196 Å². The Morgan fingerprint density at radius 2 is 0.623 bits per heavy atom. The molecule has 0 fully saturated rings. The van der Waals surface area contributed by atoms with Gasteiger partial charge in [-0.15, -0.1) is 0 Å². The number of benzene rings is 4. The fourth-order valence-electron chi connectivity index (χ4n) is 8.34. The molecule has 4 aromatic rings. The Bertz CT molecular complexity index is 1380. The fourth-order valence-corrected chi connectivity index (χ4v) is 8.34. The number of anilines is 2. The summed E-state index contributed by atoms with van der Waals surface area (Å²) in [5, 5.41) is 0. The van der Waals surface area contributed by atoms with Crippen molar-refractivity contribution in [2.45, 2.75) is 167 Å². The third-order valence-corrected chi connectivity index (χ3v) is 11.6. The average molecular weight is 715 g/mol. The molecular formula is C51H74N2. The average Bonchev–Trinajstić information content (AvgIpc) is 3.18. The second-order valence-corrected chi connectivity index (χ2v) is 16.2. The summed E-state index contributed by atoms with van der Waals surface area (Å²) in [5.74, 6) is 1.50. The Kier molecular flexibility index (Phi) is 19.7. The van der Waals surface area contributed by atoms with Crippen molar-refractivity contribution in [3.8, 4) is 0 Å². The van der Waals surface area contributed by atoms with Gasteiger partial charge in [0.1, 0.15) is 0 Å². The van der Waals surface area contributed by atoms with Gasteiger partial charge < -0.3 is 11.5 Å². The number of nitrogens with two attached hydrogens (primary N) is 2. The second-order valence-electron chi connectivity index (χ2n) is 16.2. The molecule has 0 spiro atoms. The first kappa shape index (κ1) is 42.2. The van der Waals surface area contributed by atoms with Gasteiger partial charge in [0.05, 0.1) is 0 Å². The van der Waals surface area contributed by atoms with Crippen LogP contribution in [0.25, 0.3) is 0 Å². The van der Waals surface area contributed by atoms with E-state index in [1.54, 1.807) is 0 Å². The summed E-state index contributed by atoms with van der Waals surface area (Å²) in [5.41, 5.74) is 22.5. The highest BCUT2D eigenvalue weighted by atomic mass is 14.5. The fraction of sp³-hybridized carbons (Fsp3) is 0.529. The van der Waals surface area contributed by atoms with Crippen molar-refractivity contribution in [1.82, 2.24) is 0 Å². The standard InChI is InChI=1S/C51H74N2/c1-4-7-10-13-15-18-21-50(46-31-35-48(52)36-32-46)44-27-23-41(24-28-44)39-43(20-17-12-9-6-3)40-42-25-29-45(30-26-42)51(22-19-16-14-11-8-5-2)47-33-37-49(53)38-34-47/h23-38,43,50-51H,4-22,39-40,52-53H2,1-3H3. The lowest BCUT2D eigenvalue weighted by molar-refractivity contribution is 0.449. The van der Waals surface area contributed by atoms with Gasteiger partial charge in [0.2, 0.25) is 0 Å². The van der Waals surface area contributed by atoms with E-state index < -0.39 is 0 Å². The Morgan fingerprint density at radius 1 is 0.340 bits per heavy atom. The van der Waals surface area contributed by atoms with Gasteiger partial charge in [-0.05, 0) is 95.7 Å². The first-order valence-electron chi connectivity index (χ1n) is 21.9. The van der Waals surface area contributed by atoms with Crippen LogP contribution in [0, 0.1) is 5.92 Å². The lowest BCUT2D eigenvalue weighted by atomic mass is 9.83. The van der Waals surface area contributed by atoms with E-state index in [1.807, 2.05) is 0 Å². The highest BCUT2D eigenvalue weighted by Crippen LogP contribution is 2.34. The van der Waals surface area contributed by atoms with Crippen molar-refractivity contribution in [3.05, 3.63) is 130 Å². The van der Waals surface area contributed by atoms with E-state index in [-0.39, 0.29) is 0 Å². The minimum Gasteiger partial charge on any atom is -0.399 e. The van der Waals surface area contributed by atoms with Gasteiger partial charge in [0, 0.05) is 23.2 Å². The molecule has 0 aliphatic carbocycles. The van der Waals surface area contributed by atoms with Crippen LogP contribution in [-0.2, 0) is 12.8 Å². The second kappa shape index (κ2) is 24.7. The smallest absolute Gasteiger partial charge is 0.0314 e. The van der Waals surface area contributed by atoms with Crippen LogP contribution >= 0.6 is 0 Å². The molecule has 288 valence electrons. The molecule has 0 saturated heterocycles. The summed E-state index contributed by atoms with van der Waals surface area (Å²) in [7, 11) is 0. The van der Waals surface area contributed by atoms with E-state index in [0.29, 0.717) is 17.8 Å². The van der Waals surface area contributed by atoms with Crippen LogP contribution in [0.15, 0.2) is 97.1 Å². The molecule has 0 bridgehead atoms. The van der Waals surface area contributed by atoms with E-state index in [0.717, 1.165) is 24.2 Å². The zero-order valence-corrected chi connectivity index (χ0v) is 34.0. The molecule has 0 aliphatic rings. The van der Waals surface area contributed by atoms with Gasteiger partial charge in [-0.25, -0.2) is 0 Å². The van der Waals surface area contributed by atoms with Crippen molar-refractivity contribution in [2.24, 2.45) is 5.92 Å². The van der Waals surface area contributed by atoms with Crippen LogP contribution in [0.3, 0.4) is 0 Å². The zero-order chi connectivity index (χ0) is 37.5. The molecule has 0 aliphatic heterocycles. The summed E-state index contributed by atoms with van der Waals surface area (Å²) < 4.78 is 0. The van der Waals surface area contributed by atoms with Gasteiger partial charge in [0.15, 0.2) is 0 Å². The van der Waals surface area contributed by atoms with Gasteiger partial charge in [-0.2, -0.15) is 0 Å². The quantitative estimate of drug-likeness (QED) is 0.0477. The largest absolute Gasteiger partial charge is 0.399 e. The number of hydrogen-bond acceptors (Lipinski definition) is 2. The van der Waals surface area contributed by atoms with Crippen LogP contribution in [0.1, 0.15) is 188 Å². The third-order valence-electron chi connectivity index (χ3n) is 11.6. The van der Waals surface area contributed by atoms with Crippen LogP contribution in [0.4, 0.5) is 11.4 Å². The molecular weight excluding hydrogens is 641 g/mol. The van der Waals surface area contributed by atoms with E-state index in [4.69, 9.17) is 11.5 Å². The molecule has 4 N–H and O–H groups in total. The predicted octanol–water partition coefficient (Wildman–Crippen LogP) is 15.0. The van der Waals surface area contributed by atoms with Crippen molar-refractivity contribution >= 4 is 11.4 Å². The molecule has 2 heteroatoms. The summed E-state index contributed by atoms with van der Waals surface area (Å²) >= 11 is 0. The predicted molar refractivity (Wildman–Crippen MR) is 234 cm³/mol. The summed E-state index contributed by atoms with van der Waals surface area (Å²) in [6.07, 6.45) is 27.2. The number of rotatable bonds is 27.